The molecule has 1 aliphatic carbocycles. The largest absolute Gasteiger partial charge is 0.491 e. The molecule has 0 saturated heterocycles. The van der Waals surface area contributed by atoms with Gasteiger partial charge in [0.05, 0.1) is 6.61 Å². The van der Waals surface area contributed by atoms with Crippen molar-refractivity contribution in [2.45, 2.75) is 45.4 Å². The second-order valence-electron chi connectivity index (χ2n) is 7.28. The van der Waals surface area contributed by atoms with Gasteiger partial charge in [-0.1, -0.05) is 30.4 Å². The van der Waals surface area contributed by atoms with E-state index in [0.717, 1.165) is 12.8 Å². The second-order valence-corrected chi connectivity index (χ2v) is 7.28. The number of rotatable bonds is 5. The topological polar surface area (TPSA) is 9.23 Å². The molecule has 1 nitrogen and oxygen atoms in total. The molecule has 28 heavy (non-hydrogen) atoms. The molecule has 5 heteroatoms. The molecule has 0 atom stereocenters. The van der Waals surface area contributed by atoms with Gasteiger partial charge in [0.2, 0.25) is 5.82 Å². The highest BCUT2D eigenvalue weighted by Gasteiger charge is 2.26. The zero-order valence-corrected chi connectivity index (χ0v) is 16.1. The fourth-order valence-electron chi connectivity index (χ4n) is 3.78. The molecule has 0 aromatic heterocycles. The first-order valence-corrected chi connectivity index (χ1v) is 9.65. The first kappa shape index (κ1) is 20.4. The maximum atomic E-state index is 14.4. The molecule has 3 rings (SSSR count). The van der Waals surface area contributed by atoms with Crippen LogP contribution in [-0.2, 0) is 0 Å². The fourth-order valence-corrected chi connectivity index (χ4v) is 3.78. The molecule has 0 N–H and O–H groups in total. The van der Waals surface area contributed by atoms with E-state index < -0.39 is 23.3 Å². The van der Waals surface area contributed by atoms with E-state index >= 15 is 0 Å². The third kappa shape index (κ3) is 4.23. The van der Waals surface area contributed by atoms with Crippen LogP contribution in [0.15, 0.2) is 30.3 Å². The zero-order chi connectivity index (χ0) is 20.3. The summed E-state index contributed by atoms with van der Waals surface area (Å²) in [4.78, 5) is 0. The minimum Gasteiger partial charge on any atom is -0.491 e. The Morgan fingerprint density at radius 2 is 1.61 bits per heavy atom. The van der Waals surface area contributed by atoms with Crippen molar-refractivity contribution < 1.29 is 22.3 Å². The monoisotopic (exact) mass is 392 g/mol. The van der Waals surface area contributed by atoms with E-state index in [1.54, 1.807) is 31.2 Å². The van der Waals surface area contributed by atoms with Crippen LogP contribution in [0.1, 0.15) is 55.2 Å². The predicted molar refractivity (Wildman–Crippen MR) is 102 cm³/mol. The Balaban J connectivity index is 1.65. The number of ether oxygens (including phenoxy) is 1. The Bertz CT molecular complexity index is 867. The van der Waals surface area contributed by atoms with Gasteiger partial charge in [-0.2, -0.15) is 4.39 Å². The smallest absolute Gasteiger partial charge is 0.200 e. The highest BCUT2D eigenvalue weighted by atomic mass is 19.2. The average Bonchev–Trinajstić information content (AvgIpc) is 2.70. The van der Waals surface area contributed by atoms with Gasteiger partial charge in [-0.15, -0.1) is 0 Å². The van der Waals surface area contributed by atoms with Gasteiger partial charge >= 0.3 is 0 Å². The van der Waals surface area contributed by atoms with E-state index in [0.29, 0.717) is 18.4 Å². The summed E-state index contributed by atoms with van der Waals surface area (Å²) in [5, 5.41) is 0. The molecule has 0 bridgehead atoms. The van der Waals surface area contributed by atoms with Crippen molar-refractivity contribution >= 4 is 6.08 Å². The summed E-state index contributed by atoms with van der Waals surface area (Å²) in [7, 11) is 0. The Kier molecular flexibility index (Phi) is 6.42. The quantitative estimate of drug-likeness (QED) is 0.501. The van der Waals surface area contributed by atoms with Crippen molar-refractivity contribution in [3.63, 3.8) is 0 Å². The van der Waals surface area contributed by atoms with Crippen LogP contribution in [0.2, 0.25) is 0 Å². The second kappa shape index (κ2) is 8.80. The van der Waals surface area contributed by atoms with E-state index in [2.05, 4.69) is 0 Å². The first-order chi connectivity index (χ1) is 13.4. The molecule has 0 amide bonds. The van der Waals surface area contributed by atoms with Crippen LogP contribution >= 0.6 is 0 Å². The van der Waals surface area contributed by atoms with Crippen molar-refractivity contribution in [3.05, 3.63) is 70.3 Å². The van der Waals surface area contributed by atoms with Gasteiger partial charge in [-0.3, -0.25) is 0 Å². The molecular formula is C23H24F4O. The minimum absolute atomic E-state index is 0.0524. The standard InChI is InChI=1S/C23H24F4O/c1-3-28-19-13-12-18(22(26)23(19)27)16-9-5-15(6-10-16)7-11-17-8-4-14(2)20(24)21(17)25/h4,7-8,11-13,15-16H,3,5-6,9-10H2,1-2H3/b11-7+. The van der Waals surface area contributed by atoms with Gasteiger partial charge in [-0.25, -0.2) is 13.2 Å². The molecule has 0 unspecified atom stereocenters. The lowest BCUT2D eigenvalue weighted by Crippen LogP contribution is -2.14. The normalized spacial score (nSPS) is 19.9. The Morgan fingerprint density at radius 1 is 0.893 bits per heavy atom. The zero-order valence-electron chi connectivity index (χ0n) is 16.1. The third-order valence-electron chi connectivity index (χ3n) is 5.44. The van der Waals surface area contributed by atoms with Crippen molar-refractivity contribution in [2.24, 2.45) is 5.92 Å². The molecular weight excluding hydrogens is 368 g/mol. The van der Waals surface area contributed by atoms with Crippen molar-refractivity contribution in [1.82, 2.24) is 0 Å². The lowest BCUT2D eigenvalue weighted by Gasteiger charge is -2.27. The third-order valence-corrected chi connectivity index (χ3v) is 5.44. The number of benzene rings is 2. The number of hydrogen-bond donors (Lipinski definition) is 0. The molecule has 150 valence electrons. The molecule has 0 aliphatic heterocycles. The maximum absolute atomic E-state index is 14.4. The van der Waals surface area contributed by atoms with E-state index in [-0.39, 0.29) is 35.3 Å². The lowest BCUT2D eigenvalue weighted by atomic mass is 9.78. The van der Waals surface area contributed by atoms with Gasteiger partial charge in [-0.05, 0) is 68.6 Å². The predicted octanol–water partition coefficient (Wildman–Crippen LogP) is 6.94. The van der Waals surface area contributed by atoms with Crippen molar-refractivity contribution in [1.29, 1.82) is 0 Å². The first-order valence-electron chi connectivity index (χ1n) is 9.65. The van der Waals surface area contributed by atoms with Crippen molar-refractivity contribution in [2.75, 3.05) is 6.61 Å². The fraction of sp³-hybridized carbons (Fsp3) is 0.391. The highest BCUT2D eigenvalue weighted by Crippen LogP contribution is 2.39. The Hall–Kier alpha value is -2.30. The van der Waals surface area contributed by atoms with Crippen LogP contribution in [0, 0.1) is 36.1 Å². The molecule has 2 aromatic rings. The lowest BCUT2D eigenvalue weighted by molar-refractivity contribution is 0.310. The van der Waals surface area contributed by atoms with Gasteiger partial charge in [0.15, 0.2) is 23.2 Å². The molecule has 0 radical (unpaired) electrons. The van der Waals surface area contributed by atoms with Crippen LogP contribution in [-0.4, -0.2) is 6.61 Å². The van der Waals surface area contributed by atoms with E-state index in [4.69, 9.17) is 4.74 Å². The molecule has 1 fully saturated rings. The van der Waals surface area contributed by atoms with E-state index in [1.807, 2.05) is 6.08 Å². The summed E-state index contributed by atoms with van der Waals surface area (Å²) in [5.74, 6) is -3.33. The number of hydrogen-bond acceptors (Lipinski definition) is 1. The molecule has 0 heterocycles. The highest BCUT2D eigenvalue weighted by molar-refractivity contribution is 5.51. The average molecular weight is 392 g/mol. The van der Waals surface area contributed by atoms with Gasteiger partial charge in [0.25, 0.3) is 0 Å². The Morgan fingerprint density at radius 3 is 2.29 bits per heavy atom. The Labute approximate surface area is 163 Å². The van der Waals surface area contributed by atoms with Gasteiger partial charge in [0, 0.05) is 5.56 Å². The maximum Gasteiger partial charge on any atom is 0.200 e. The summed E-state index contributed by atoms with van der Waals surface area (Å²) < 4.78 is 61.2. The summed E-state index contributed by atoms with van der Waals surface area (Å²) in [6.07, 6.45) is 6.49. The summed E-state index contributed by atoms with van der Waals surface area (Å²) in [6.45, 7) is 3.52. The van der Waals surface area contributed by atoms with Crippen LogP contribution in [0.3, 0.4) is 0 Å². The van der Waals surface area contributed by atoms with Crippen LogP contribution in [0.25, 0.3) is 6.08 Å². The number of aryl methyl sites for hydroxylation is 1. The van der Waals surface area contributed by atoms with Crippen LogP contribution in [0.4, 0.5) is 17.6 Å². The molecule has 1 aliphatic rings. The van der Waals surface area contributed by atoms with E-state index in [1.165, 1.54) is 13.0 Å². The summed E-state index contributed by atoms with van der Waals surface area (Å²) in [5.41, 5.74) is 0.889. The van der Waals surface area contributed by atoms with Crippen LogP contribution < -0.4 is 4.74 Å². The van der Waals surface area contributed by atoms with Crippen LogP contribution in [0.5, 0.6) is 5.75 Å². The SMILES string of the molecule is CCOc1ccc(C2CCC(/C=C/c3ccc(C)c(F)c3F)CC2)c(F)c1F. The molecule has 1 saturated carbocycles. The minimum atomic E-state index is -0.932. The summed E-state index contributed by atoms with van der Waals surface area (Å²) in [6, 6.07) is 6.21. The van der Waals surface area contributed by atoms with Crippen molar-refractivity contribution in [3.8, 4) is 5.75 Å². The molecule has 0 spiro atoms. The number of halogens is 4. The van der Waals surface area contributed by atoms with Gasteiger partial charge in [0.1, 0.15) is 0 Å². The number of allylic oxidation sites excluding steroid dienone is 1. The van der Waals surface area contributed by atoms with Gasteiger partial charge < -0.3 is 4.74 Å². The summed E-state index contributed by atoms with van der Waals surface area (Å²) >= 11 is 0. The van der Waals surface area contributed by atoms with E-state index in [9.17, 15) is 17.6 Å². The molecule has 2 aromatic carbocycles.